The number of imide groups is 2. The second-order valence-corrected chi connectivity index (χ2v) is 8.93. The second-order valence-electron chi connectivity index (χ2n) is 6.35. The molecule has 4 N–H and O–H groups in total. The maximum Gasteiger partial charge on any atom is 0.321 e. The lowest BCUT2D eigenvalue weighted by molar-refractivity contribution is -0.120. The lowest BCUT2D eigenvalue weighted by atomic mass is 10.1. The van der Waals surface area contributed by atoms with E-state index in [4.69, 9.17) is 0 Å². The van der Waals surface area contributed by atoms with Crippen LogP contribution in [-0.2, 0) is 9.59 Å². The van der Waals surface area contributed by atoms with Crippen molar-refractivity contribution in [3.63, 3.8) is 0 Å². The van der Waals surface area contributed by atoms with Gasteiger partial charge in [0.25, 0.3) is 0 Å². The number of rotatable bonds is 13. The van der Waals surface area contributed by atoms with E-state index in [0.717, 1.165) is 25.7 Å². The van der Waals surface area contributed by atoms with Gasteiger partial charge in [0, 0.05) is 25.3 Å². The Kier molecular flexibility index (Phi) is 15.9. The number of urea groups is 2. The largest absolute Gasteiger partial charge is 0.338 e. The molecule has 0 heterocycles. The molecule has 0 aromatic heterocycles. The van der Waals surface area contributed by atoms with Crippen molar-refractivity contribution in [2.45, 2.75) is 52.9 Å². The molecule has 0 fully saturated rings. The van der Waals surface area contributed by atoms with Crippen molar-refractivity contribution in [1.82, 2.24) is 21.3 Å². The van der Waals surface area contributed by atoms with Crippen LogP contribution >= 0.6 is 21.6 Å². The summed E-state index contributed by atoms with van der Waals surface area (Å²) in [5.41, 5.74) is 0. The molecule has 0 aliphatic rings. The number of hydrogen-bond acceptors (Lipinski definition) is 6. The summed E-state index contributed by atoms with van der Waals surface area (Å²) in [7, 11) is 2.70. The Balaban J connectivity index is 3.59. The zero-order valence-corrected chi connectivity index (χ0v) is 18.0. The summed E-state index contributed by atoms with van der Waals surface area (Å²) in [5, 5.41) is 9.74. The first kappa shape index (κ1) is 25.6. The molecular weight excluding hydrogens is 388 g/mol. The lowest BCUT2D eigenvalue weighted by Crippen LogP contribution is -2.41. The Morgan fingerprint density at radius 1 is 0.852 bits per heavy atom. The number of nitrogens with one attached hydrogen (secondary N) is 4. The van der Waals surface area contributed by atoms with Crippen LogP contribution in [0, 0.1) is 5.92 Å². The van der Waals surface area contributed by atoms with Crippen molar-refractivity contribution in [2.24, 2.45) is 5.92 Å². The predicted octanol–water partition coefficient (Wildman–Crippen LogP) is 2.65. The molecule has 0 aliphatic carbocycles. The van der Waals surface area contributed by atoms with E-state index in [0.29, 0.717) is 31.2 Å². The molecule has 0 aromatic rings. The topological polar surface area (TPSA) is 116 Å². The minimum atomic E-state index is -0.499. The summed E-state index contributed by atoms with van der Waals surface area (Å²) in [4.78, 5) is 46.1. The van der Waals surface area contributed by atoms with Gasteiger partial charge in [-0.15, -0.1) is 0 Å². The van der Waals surface area contributed by atoms with E-state index in [1.165, 1.54) is 21.6 Å². The van der Waals surface area contributed by atoms with Crippen LogP contribution < -0.4 is 21.3 Å². The van der Waals surface area contributed by atoms with E-state index >= 15 is 0 Å². The van der Waals surface area contributed by atoms with Crippen LogP contribution in [0.5, 0.6) is 0 Å². The van der Waals surface area contributed by atoms with Gasteiger partial charge in [-0.25, -0.2) is 9.59 Å². The maximum atomic E-state index is 11.6. The summed E-state index contributed by atoms with van der Waals surface area (Å²) in [6.45, 7) is 6.92. The molecule has 0 spiro atoms. The fraction of sp³-hybridized carbons (Fsp3) is 0.765. The molecule has 6 amide bonds. The van der Waals surface area contributed by atoms with Gasteiger partial charge >= 0.3 is 12.1 Å². The summed E-state index contributed by atoms with van der Waals surface area (Å²) in [6.07, 6.45) is 4.33. The quantitative estimate of drug-likeness (QED) is 0.269. The van der Waals surface area contributed by atoms with Crippen LogP contribution in [0.2, 0.25) is 0 Å². The highest BCUT2D eigenvalue weighted by atomic mass is 33.1. The van der Waals surface area contributed by atoms with E-state index in [2.05, 4.69) is 28.2 Å². The molecule has 10 heteroatoms. The Morgan fingerprint density at radius 2 is 1.52 bits per heavy atom. The number of carbonyl (C=O) groups excluding carboxylic acids is 4. The van der Waals surface area contributed by atoms with Gasteiger partial charge in [-0.1, -0.05) is 61.6 Å². The average molecular weight is 421 g/mol. The van der Waals surface area contributed by atoms with Crippen molar-refractivity contribution in [3.8, 4) is 0 Å². The van der Waals surface area contributed by atoms with Gasteiger partial charge in [0.2, 0.25) is 11.8 Å². The molecule has 8 nitrogen and oxygen atoms in total. The molecule has 0 saturated heterocycles. The normalized spacial score (nSPS) is 10.4. The van der Waals surface area contributed by atoms with Gasteiger partial charge in [0.15, 0.2) is 0 Å². The number of hydrogen-bond donors (Lipinski definition) is 4. The van der Waals surface area contributed by atoms with Crippen LogP contribution in [0.3, 0.4) is 0 Å². The monoisotopic (exact) mass is 420 g/mol. The highest BCUT2D eigenvalue weighted by Crippen LogP contribution is 2.19. The van der Waals surface area contributed by atoms with Crippen LogP contribution in [0.25, 0.3) is 0 Å². The third-order valence-corrected chi connectivity index (χ3v) is 5.45. The van der Waals surface area contributed by atoms with E-state index in [1.54, 1.807) is 0 Å². The number of unbranched alkanes of at least 4 members (excludes halogenated alkanes) is 3. The first-order valence-electron chi connectivity index (χ1n) is 9.24. The first-order chi connectivity index (χ1) is 12.8. The molecule has 0 rings (SSSR count). The van der Waals surface area contributed by atoms with Crippen LogP contribution in [0.15, 0.2) is 0 Å². The third kappa shape index (κ3) is 17.7. The standard InChI is InChI=1S/C17H32N4O4S2/c1-4-5-6-7-8-14(22)20-16(24)18-9-10-26-27-12-15(23)21-17(25)19-11-13(2)3/h13H,4-12H2,1-3H3,(H2,18,20,22,24)(H2,19,21,23,25). The lowest BCUT2D eigenvalue weighted by Gasteiger charge is -2.08. The van der Waals surface area contributed by atoms with E-state index < -0.39 is 12.1 Å². The van der Waals surface area contributed by atoms with Gasteiger partial charge in [-0.2, -0.15) is 0 Å². The zero-order valence-electron chi connectivity index (χ0n) is 16.4. The molecule has 0 aromatic carbocycles. The number of amides is 6. The fourth-order valence-corrected chi connectivity index (χ4v) is 3.55. The summed E-state index contributed by atoms with van der Waals surface area (Å²) >= 11 is 0. The first-order valence-corrected chi connectivity index (χ1v) is 11.7. The van der Waals surface area contributed by atoms with Gasteiger partial charge in [-0.3, -0.25) is 20.2 Å². The third-order valence-electron chi connectivity index (χ3n) is 3.18. The van der Waals surface area contributed by atoms with Crippen molar-refractivity contribution in [2.75, 3.05) is 24.6 Å². The minimum absolute atomic E-state index is 0.141. The molecule has 27 heavy (non-hydrogen) atoms. The highest BCUT2D eigenvalue weighted by Gasteiger charge is 2.09. The van der Waals surface area contributed by atoms with Crippen molar-refractivity contribution in [1.29, 1.82) is 0 Å². The van der Waals surface area contributed by atoms with Gasteiger partial charge in [-0.05, 0) is 12.3 Å². The predicted molar refractivity (Wildman–Crippen MR) is 112 cm³/mol. The summed E-state index contributed by atoms with van der Waals surface area (Å²) in [5.74, 6) is 0.403. The van der Waals surface area contributed by atoms with E-state index in [9.17, 15) is 19.2 Å². The van der Waals surface area contributed by atoms with E-state index in [1.807, 2.05) is 13.8 Å². The molecule has 0 atom stereocenters. The zero-order chi connectivity index (χ0) is 20.5. The van der Waals surface area contributed by atoms with Crippen molar-refractivity contribution in [3.05, 3.63) is 0 Å². The maximum absolute atomic E-state index is 11.6. The Morgan fingerprint density at radius 3 is 2.19 bits per heavy atom. The highest BCUT2D eigenvalue weighted by molar-refractivity contribution is 8.76. The van der Waals surface area contributed by atoms with E-state index in [-0.39, 0.29) is 17.6 Å². The van der Waals surface area contributed by atoms with Crippen LogP contribution in [0.4, 0.5) is 9.59 Å². The Labute approximate surface area is 169 Å². The Bertz CT molecular complexity index is 476. The fourth-order valence-electron chi connectivity index (χ4n) is 1.81. The van der Waals surface area contributed by atoms with Crippen molar-refractivity contribution >= 4 is 45.5 Å². The van der Waals surface area contributed by atoms with Gasteiger partial charge in [0.05, 0.1) is 5.75 Å². The summed E-state index contributed by atoms with van der Waals surface area (Å²) in [6, 6.07) is -0.988. The molecule has 0 radical (unpaired) electrons. The summed E-state index contributed by atoms with van der Waals surface area (Å²) < 4.78 is 0. The van der Waals surface area contributed by atoms with Crippen LogP contribution in [-0.4, -0.2) is 48.5 Å². The minimum Gasteiger partial charge on any atom is -0.338 e. The molecule has 156 valence electrons. The molecular formula is C17H32N4O4S2. The molecule has 0 saturated carbocycles. The smallest absolute Gasteiger partial charge is 0.321 e. The Hall–Kier alpha value is -1.42. The molecule has 0 aliphatic heterocycles. The molecule has 0 bridgehead atoms. The molecule has 0 unspecified atom stereocenters. The van der Waals surface area contributed by atoms with Gasteiger partial charge < -0.3 is 10.6 Å². The second kappa shape index (κ2) is 16.7. The number of carbonyl (C=O) groups is 4. The van der Waals surface area contributed by atoms with Crippen LogP contribution in [0.1, 0.15) is 52.9 Å². The van der Waals surface area contributed by atoms with Gasteiger partial charge in [0.1, 0.15) is 0 Å². The SMILES string of the molecule is CCCCCCC(=O)NC(=O)NCCSSCC(=O)NC(=O)NCC(C)C. The average Bonchev–Trinajstić information content (AvgIpc) is 2.59. The van der Waals surface area contributed by atoms with Crippen molar-refractivity contribution < 1.29 is 19.2 Å².